The standard InChI is InChI=1S/C41H31N3/c1-28-17-22-41-37(23-28)36-15-9-10-16-40(36)44(41)35-20-18-30(19-21-35)33-24-32(29-11-5-3-6-12-29)25-34(26-33)38(42)27-39(43-2)31-13-7-4-8-14-31/h3-27,42H,2H2,1H3/b39-27-,42-38?. The van der Waals surface area contributed by atoms with Crippen molar-refractivity contribution in [2.75, 3.05) is 0 Å². The Bertz CT molecular complexity index is 2190. The number of benzene rings is 6. The van der Waals surface area contributed by atoms with Crippen LogP contribution in [0, 0.1) is 12.3 Å². The number of aromatic nitrogens is 1. The van der Waals surface area contributed by atoms with Crippen molar-refractivity contribution in [2.24, 2.45) is 4.99 Å². The molecular formula is C41H31N3. The first-order chi connectivity index (χ1) is 21.6. The van der Waals surface area contributed by atoms with Crippen LogP contribution in [0.15, 0.2) is 157 Å². The van der Waals surface area contributed by atoms with Gasteiger partial charge in [-0.3, -0.25) is 4.99 Å². The number of fused-ring (bicyclic) bond motifs is 3. The molecule has 210 valence electrons. The predicted octanol–water partition coefficient (Wildman–Crippen LogP) is 10.5. The zero-order valence-electron chi connectivity index (χ0n) is 24.5. The molecule has 7 rings (SSSR count). The summed E-state index contributed by atoms with van der Waals surface area (Å²) < 4.78 is 2.34. The molecule has 0 spiro atoms. The van der Waals surface area contributed by atoms with Gasteiger partial charge in [0.1, 0.15) is 0 Å². The molecule has 0 saturated heterocycles. The molecular weight excluding hydrogens is 534 g/mol. The largest absolute Gasteiger partial charge is 0.309 e. The van der Waals surface area contributed by atoms with Gasteiger partial charge in [0.25, 0.3) is 0 Å². The summed E-state index contributed by atoms with van der Waals surface area (Å²) in [7, 11) is 0. The summed E-state index contributed by atoms with van der Waals surface area (Å²) in [6.45, 7) is 5.91. The summed E-state index contributed by atoms with van der Waals surface area (Å²) >= 11 is 0. The van der Waals surface area contributed by atoms with Crippen molar-refractivity contribution in [1.29, 1.82) is 5.41 Å². The molecule has 0 saturated carbocycles. The van der Waals surface area contributed by atoms with Gasteiger partial charge in [0.05, 0.1) is 22.4 Å². The Kier molecular flexibility index (Phi) is 7.05. The molecule has 6 aromatic carbocycles. The first-order valence-electron chi connectivity index (χ1n) is 14.7. The fourth-order valence-corrected chi connectivity index (χ4v) is 5.96. The third-order valence-corrected chi connectivity index (χ3v) is 8.16. The predicted molar refractivity (Wildman–Crippen MR) is 187 cm³/mol. The number of aryl methyl sites for hydroxylation is 1. The van der Waals surface area contributed by atoms with Gasteiger partial charge in [0.2, 0.25) is 0 Å². The summed E-state index contributed by atoms with van der Waals surface area (Å²) in [5, 5.41) is 11.6. The Morgan fingerprint density at radius 3 is 1.91 bits per heavy atom. The number of hydrogen-bond acceptors (Lipinski definition) is 2. The second kappa shape index (κ2) is 11.5. The lowest BCUT2D eigenvalue weighted by molar-refractivity contribution is 1.18. The monoisotopic (exact) mass is 565 g/mol. The van der Waals surface area contributed by atoms with Crippen LogP contribution in [0.5, 0.6) is 0 Å². The lowest BCUT2D eigenvalue weighted by Crippen LogP contribution is -1.98. The highest BCUT2D eigenvalue weighted by atomic mass is 15.0. The Balaban J connectivity index is 1.32. The van der Waals surface area contributed by atoms with E-state index in [-0.39, 0.29) is 0 Å². The number of hydrogen-bond donors (Lipinski definition) is 1. The maximum Gasteiger partial charge on any atom is 0.0716 e. The average molecular weight is 566 g/mol. The molecule has 0 bridgehead atoms. The van der Waals surface area contributed by atoms with Crippen molar-refractivity contribution in [3.8, 4) is 27.9 Å². The molecule has 0 aliphatic heterocycles. The van der Waals surface area contributed by atoms with Crippen molar-refractivity contribution in [3.05, 3.63) is 168 Å². The zero-order valence-corrected chi connectivity index (χ0v) is 24.5. The van der Waals surface area contributed by atoms with Gasteiger partial charge in [-0.15, -0.1) is 0 Å². The van der Waals surface area contributed by atoms with Crippen LogP contribution in [0.2, 0.25) is 0 Å². The van der Waals surface area contributed by atoms with E-state index in [0.29, 0.717) is 11.4 Å². The maximum absolute atomic E-state index is 9.06. The van der Waals surface area contributed by atoms with Crippen LogP contribution >= 0.6 is 0 Å². The van der Waals surface area contributed by atoms with Crippen molar-refractivity contribution < 1.29 is 0 Å². The number of para-hydroxylation sites is 1. The van der Waals surface area contributed by atoms with Crippen LogP contribution in [0.25, 0.3) is 55.4 Å². The minimum atomic E-state index is 0.382. The summed E-state index contributed by atoms with van der Waals surface area (Å²) in [5.41, 5.74) is 11.9. The first kappa shape index (κ1) is 27.1. The summed E-state index contributed by atoms with van der Waals surface area (Å²) in [6.07, 6.45) is 1.79. The fourth-order valence-electron chi connectivity index (χ4n) is 5.96. The quantitative estimate of drug-likeness (QED) is 0.187. The highest BCUT2D eigenvalue weighted by Crippen LogP contribution is 2.34. The molecule has 0 radical (unpaired) electrons. The molecule has 1 N–H and O–H groups in total. The van der Waals surface area contributed by atoms with E-state index in [1.54, 1.807) is 6.08 Å². The third-order valence-electron chi connectivity index (χ3n) is 8.16. The van der Waals surface area contributed by atoms with E-state index in [2.05, 4.69) is 120 Å². The molecule has 7 aromatic rings. The van der Waals surface area contributed by atoms with Crippen molar-refractivity contribution in [1.82, 2.24) is 4.57 Å². The molecule has 0 aliphatic carbocycles. The first-order valence-corrected chi connectivity index (χ1v) is 14.7. The third kappa shape index (κ3) is 5.05. The number of aliphatic imine (C=N–C) groups is 1. The number of nitrogens with zero attached hydrogens (tertiary/aromatic N) is 2. The van der Waals surface area contributed by atoms with E-state index < -0.39 is 0 Å². The molecule has 0 unspecified atom stereocenters. The van der Waals surface area contributed by atoms with Crippen LogP contribution in [0.1, 0.15) is 16.7 Å². The van der Waals surface area contributed by atoms with E-state index >= 15 is 0 Å². The lowest BCUT2D eigenvalue weighted by atomic mass is 9.94. The zero-order chi connectivity index (χ0) is 30.0. The van der Waals surface area contributed by atoms with Gasteiger partial charge in [-0.05, 0) is 90.5 Å². The van der Waals surface area contributed by atoms with Gasteiger partial charge in [-0.25, -0.2) is 0 Å². The Hall–Kier alpha value is -5.80. The minimum Gasteiger partial charge on any atom is -0.309 e. The second-order valence-corrected chi connectivity index (χ2v) is 11.1. The molecule has 3 heteroatoms. The van der Waals surface area contributed by atoms with E-state index in [0.717, 1.165) is 39.1 Å². The van der Waals surface area contributed by atoms with Crippen LogP contribution in [0.4, 0.5) is 0 Å². The van der Waals surface area contributed by atoms with Gasteiger partial charge >= 0.3 is 0 Å². The number of rotatable bonds is 7. The highest BCUT2D eigenvalue weighted by Gasteiger charge is 2.13. The van der Waals surface area contributed by atoms with Crippen LogP contribution in [0.3, 0.4) is 0 Å². The van der Waals surface area contributed by atoms with Crippen molar-refractivity contribution in [3.63, 3.8) is 0 Å². The Morgan fingerprint density at radius 2 is 1.20 bits per heavy atom. The number of allylic oxidation sites excluding steroid dienone is 1. The summed E-state index contributed by atoms with van der Waals surface area (Å²) in [6, 6.07) is 50.6. The van der Waals surface area contributed by atoms with Gasteiger partial charge in [0.15, 0.2) is 0 Å². The normalized spacial score (nSPS) is 11.6. The molecule has 3 nitrogen and oxygen atoms in total. The van der Waals surface area contributed by atoms with Crippen LogP contribution in [-0.4, -0.2) is 17.0 Å². The van der Waals surface area contributed by atoms with Gasteiger partial charge in [0, 0.05) is 27.6 Å². The van der Waals surface area contributed by atoms with Gasteiger partial charge in [-0.2, -0.15) is 0 Å². The van der Waals surface area contributed by atoms with E-state index in [4.69, 9.17) is 5.41 Å². The lowest BCUT2D eigenvalue weighted by Gasteiger charge is -2.13. The van der Waals surface area contributed by atoms with Gasteiger partial charge in [-0.1, -0.05) is 103 Å². The molecule has 1 aromatic heterocycles. The SMILES string of the molecule is C=N/C(=C\C(=N)c1cc(-c2ccccc2)cc(-c2ccc(-n3c4ccccc4c4cc(C)ccc43)cc2)c1)c1ccccc1. The maximum atomic E-state index is 9.06. The van der Waals surface area contributed by atoms with Crippen molar-refractivity contribution >= 4 is 39.9 Å². The van der Waals surface area contributed by atoms with E-state index in [1.807, 2.05) is 48.5 Å². The fraction of sp³-hybridized carbons (Fsp3) is 0.0244. The van der Waals surface area contributed by atoms with Crippen LogP contribution in [-0.2, 0) is 0 Å². The minimum absolute atomic E-state index is 0.382. The molecule has 0 atom stereocenters. The smallest absolute Gasteiger partial charge is 0.0716 e. The van der Waals surface area contributed by atoms with E-state index in [1.165, 1.54) is 27.4 Å². The highest BCUT2D eigenvalue weighted by molar-refractivity contribution is 6.12. The molecule has 1 heterocycles. The van der Waals surface area contributed by atoms with Gasteiger partial charge < -0.3 is 9.98 Å². The van der Waals surface area contributed by atoms with E-state index in [9.17, 15) is 0 Å². The molecule has 0 amide bonds. The Morgan fingerprint density at radius 1 is 0.591 bits per heavy atom. The summed E-state index contributed by atoms with van der Waals surface area (Å²) in [4.78, 5) is 4.23. The Labute approximate surface area is 257 Å². The average Bonchev–Trinajstić information content (AvgIpc) is 3.41. The van der Waals surface area contributed by atoms with Crippen molar-refractivity contribution in [2.45, 2.75) is 6.92 Å². The molecule has 0 aliphatic rings. The topological polar surface area (TPSA) is 41.1 Å². The molecule has 44 heavy (non-hydrogen) atoms. The van der Waals surface area contributed by atoms with Crippen LogP contribution < -0.4 is 0 Å². The number of nitrogens with one attached hydrogen (secondary N) is 1. The summed E-state index contributed by atoms with van der Waals surface area (Å²) in [5.74, 6) is 0. The second-order valence-electron chi connectivity index (χ2n) is 11.1. The molecule has 0 fully saturated rings.